The molecule has 7 nitrogen and oxygen atoms in total. The topological polar surface area (TPSA) is 86.8 Å². The Balaban J connectivity index is 2.00. The van der Waals surface area contributed by atoms with Crippen LogP contribution in [0, 0.1) is 20.8 Å². The highest BCUT2D eigenvalue weighted by Crippen LogP contribution is 2.26. The maximum absolute atomic E-state index is 13.9. The largest absolute Gasteiger partial charge is 0.354 e. The zero-order valence-electron chi connectivity index (χ0n) is 23.5. The van der Waals surface area contributed by atoms with Crippen molar-refractivity contribution in [1.29, 1.82) is 0 Å². The molecule has 3 aromatic carbocycles. The van der Waals surface area contributed by atoms with E-state index in [0.717, 1.165) is 39.4 Å². The molecule has 8 heteroatoms. The van der Waals surface area contributed by atoms with Crippen LogP contribution in [0.15, 0.2) is 77.7 Å². The van der Waals surface area contributed by atoms with Crippen molar-refractivity contribution in [1.82, 2.24) is 10.2 Å². The van der Waals surface area contributed by atoms with Crippen LogP contribution in [0.2, 0.25) is 0 Å². The molecule has 0 bridgehead atoms. The fourth-order valence-corrected chi connectivity index (χ4v) is 5.57. The molecule has 0 aliphatic heterocycles. The van der Waals surface area contributed by atoms with Gasteiger partial charge in [-0.1, -0.05) is 67.4 Å². The molecule has 3 rings (SSSR count). The number of aryl methyl sites for hydroxylation is 3. The number of nitrogens with zero attached hydrogens (tertiary/aromatic N) is 2. The lowest BCUT2D eigenvalue weighted by molar-refractivity contribution is -0.139. The molecule has 208 valence electrons. The van der Waals surface area contributed by atoms with E-state index in [1.54, 1.807) is 37.3 Å². The number of anilines is 1. The number of nitrogens with one attached hydrogen (secondary N) is 1. The molecule has 0 unspecified atom stereocenters. The average molecular weight is 550 g/mol. The minimum Gasteiger partial charge on any atom is -0.354 e. The van der Waals surface area contributed by atoms with Crippen molar-refractivity contribution in [3.8, 4) is 0 Å². The van der Waals surface area contributed by atoms with Crippen LogP contribution in [0.4, 0.5) is 5.69 Å². The summed E-state index contributed by atoms with van der Waals surface area (Å²) in [5, 5.41) is 2.90. The fraction of sp³-hybridized carbons (Fsp3) is 0.355. The van der Waals surface area contributed by atoms with Crippen LogP contribution in [0.3, 0.4) is 0 Å². The van der Waals surface area contributed by atoms with Crippen LogP contribution < -0.4 is 9.62 Å². The molecule has 0 aromatic heterocycles. The Morgan fingerprint density at radius 3 is 2.18 bits per heavy atom. The van der Waals surface area contributed by atoms with E-state index in [0.29, 0.717) is 12.2 Å². The number of carbonyl (C=O) groups is 2. The van der Waals surface area contributed by atoms with Gasteiger partial charge < -0.3 is 10.2 Å². The second-order valence-corrected chi connectivity index (χ2v) is 11.8. The molecular formula is C31H39N3O4S. The van der Waals surface area contributed by atoms with Gasteiger partial charge in [0.05, 0.1) is 10.6 Å². The van der Waals surface area contributed by atoms with Gasteiger partial charge in [0.1, 0.15) is 12.6 Å². The number of rotatable bonds is 12. The van der Waals surface area contributed by atoms with Crippen LogP contribution in [-0.4, -0.2) is 44.3 Å². The van der Waals surface area contributed by atoms with E-state index in [-0.39, 0.29) is 17.3 Å². The van der Waals surface area contributed by atoms with Crippen molar-refractivity contribution in [2.75, 3.05) is 17.4 Å². The number of carbonyl (C=O) groups excluding carboxylic acids is 2. The standard InChI is InChI=1S/C31H39N3O4S/c1-6-7-19-32-31(36)26(5)33(21-27-16-13-23(2)14-17-27)30(35)22-34(28-18-15-24(3)25(4)20-28)39(37,38)29-11-9-8-10-12-29/h8-18,20,26H,6-7,19,21-22H2,1-5H3,(H,32,36)/t26-/m1/s1. The molecule has 2 amide bonds. The first kappa shape index (κ1) is 29.9. The lowest BCUT2D eigenvalue weighted by Gasteiger charge is -2.32. The molecule has 0 fully saturated rings. The number of benzene rings is 3. The molecule has 39 heavy (non-hydrogen) atoms. The van der Waals surface area contributed by atoms with Crippen LogP contribution in [0.25, 0.3) is 0 Å². The summed E-state index contributed by atoms with van der Waals surface area (Å²) in [6, 6.07) is 20.3. The Labute approximate surface area is 232 Å². The zero-order valence-corrected chi connectivity index (χ0v) is 24.3. The predicted octanol–water partition coefficient (Wildman–Crippen LogP) is 5.14. The summed E-state index contributed by atoms with van der Waals surface area (Å²) in [5.41, 5.74) is 4.25. The lowest BCUT2D eigenvalue weighted by atomic mass is 10.1. The smallest absolute Gasteiger partial charge is 0.264 e. The molecule has 0 spiro atoms. The van der Waals surface area contributed by atoms with Gasteiger partial charge in [0, 0.05) is 13.1 Å². The Hall–Kier alpha value is -3.65. The molecule has 0 saturated heterocycles. The SMILES string of the molecule is CCCCNC(=O)[C@@H](C)N(Cc1ccc(C)cc1)C(=O)CN(c1ccc(C)c(C)c1)S(=O)(=O)c1ccccc1. The third kappa shape index (κ3) is 7.69. The summed E-state index contributed by atoms with van der Waals surface area (Å²) in [5.74, 6) is -0.737. The minimum absolute atomic E-state index is 0.0893. The molecule has 0 heterocycles. The molecule has 0 radical (unpaired) electrons. The first-order valence-electron chi connectivity index (χ1n) is 13.3. The Morgan fingerprint density at radius 2 is 1.56 bits per heavy atom. The fourth-order valence-electron chi connectivity index (χ4n) is 4.14. The van der Waals surface area contributed by atoms with Crippen LogP contribution in [-0.2, 0) is 26.2 Å². The van der Waals surface area contributed by atoms with Gasteiger partial charge in [0.15, 0.2) is 0 Å². The first-order valence-corrected chi connectivity index (χ1v) is 14.8. The van der Waals surface area contributed by atoms with Gasteiger partial charge >= 0.3 is 0 Å². The zero-order chi connectivity index (χ0) is 28.6. The molecule has 0 aliphatic carbocycles. The van der Waals surface area contributed by atoms with E-state index >= 15 is 0 Å². The van der Waals surface area contributed by atoms with Crippen molar-refractivity contribution >= 4 is 27.5 Å². The maximum atomic E-state index is 13.9. The summed E-state index contributed by atoms with van der Waals surface area (Å²) in [4.78, 5) is 28.5. The summed E-state index contributed by atoms with van der Waals surface area (Å²) >= 11 is 0. The van der Waals surface area contributed by atoms with Gasteiger partial charge in [0.25, 0.3) is 10.0 Å². The monoisotopic (exact) mass is 549 g/mol. The van der Waals surface area contributed by atoms with Gasteiger partial charge in [-0.2, -0.15) is 0 Å². The van der Waals surface area contributed by atoms with Crippen molar-refractivity contribution < 1.29 is 18.0 Å². The highest BCUT2D eigenvalue weighted by molar-refractivity contribution is 7.92. The molecular weight excluding hydrogens is 510 g/mol. The number of amides is 2. The van der Waals surface area contributed by atoms with Crippen molar-refractivity contribution in [2.45, 2.75) is 64.9 Å². The van der Waals surface area contributed by atoms with Gasteiger partial charge in [-0.15, -0.1) is 0 Å². The molecule has 0 saturated carbocycles. The summed E-state index contributed by atoms with van der Waals surface area (Å²) < 4.78 is 28.8. The van der Waals surface area contributed by atoms with Gasteiger partial charge in [-0.3, -0.25) is 13.9 Å². The van der Waals surface area contributed by atoms with Gasteiger partial charge in [0.2, 0.25) is 11.8 Å². The second-order valence-electron chi connectivity index (χ2n) is 9.92. The Morgan fingerprint density at radius 1 is 0.897 bits per heavy atom. The van der Waals surface area contributed by atoms with Crippen LogP contribution >= 0.6 is 0 Å². The van der Waals surface area contributed by atoms with Crippen LogP contribution in [0.1, 0.15) is 48.9 Å². The predicted molar refractivity (Wildman–Crippen MR) is 156 cm³/mol. The Kier molecular flexibility index (Phi) is 10.3. The Bertz CT molecular complexity index is 1370. The normalized spacial score (nSPS) is 12.0. The second kappa shape index (κ2) is 13.4. The summed E-state index contributed by atoms with van der Waals surface area (Å²) in [6.45, 7) is 9.79. The number of hydrogen-bond acceptors (Lipinski definition) is 4. The molecule has 1 N–H and O–H groups in total. The highest BCUT2D eigenvalue weighted by atomic mass is 32.2. The first-order chi connectivity index (χ1) is 18.5. The third-order valence-corrected chi connectivity index (χ3v) is 8.65. The minimum atomic E-state index is -4.07. The third-order valence-electron chi connectivity index (χ3n) is 6.86. The van der Waals surface area contributed by atoms with Gasteiger partial charge in [-0.05, 0) is 75.1 Å². The quantitative estimate of drug-likeness (QED) is 0.317. The number of unbranched alkanes of at least 4 members (excludes halogenated alkanes) is 1. The van der Waals surface area contributed by atoms with E-state index in [9.17, 15) is 18.0 Å². The molecule has 1 atom stereocenters. The molecule has 3 aromatic rings. The van der Waals surface area contributed by atoms with E-state index in [1.807, 2.05) is 58.0 Å². The molecule has 0 aliphatic rings. The van der Waals surface area contributed by atoms with E-state index < -0.39 is 28.5 Å². The summed E-state index contributed by atoms with van der Waals surface area (Å²) in [6.07, 6.45) is 1.77. The van der Waals surface area contributed by atoms with Crippen molar-refractivity contribution in [3.63, 3.8) is 0 Å². The number of sulfonamides is 1. The van der Waals surface area contributed by atoms with Crippen molar-refractivity contribution in [3.05, 3.63) is 95.1 Å². The van der Waals surface area contributed by atoms with Gasteiger partial charge in [-0.25, -0.2) is 8.42 Å². The van der Waals surface area contributed by atoms with E-state index in [2.05, 4.69) is 5.32 Å². The van der Waals surface area contributed by atoms with E-state index in [1.165, 1.54) is 17.0 Å². The maximum Gasteiger partial charge on any atom is 0.264 e. The highest BCUT2D eigenvalue weighted by Gasteiger charge is 2.32. The lowest BCUT2D eigenvalue weighted by Crippen LogP contribution is -2.51. The van der Waals surface area contributed by atoms with Crippen molar-refractivity contribution in [2.24, 2.45) is 0 Å². The van der Waals surface area contributed by atoms with E-state index in [4.69, 9.17) is 0 Å². The summed E-state index contributed by atoms with van der Waals surface area (Å²) in [7, 11) is -4.07. The number of hydrogen-bond donors (Lipinski definition) is 1. The average Bonchev–Trinajstić information content (AvgIpc) is 2.93. The van der Waals surface area contributed by atoms with Crippen LogP contribution in [0.5, 0.6) is 0 Å².